The van der Waals surface area contributed by atoms with Crippen molar-refractivity contribution in [1.82, 2.24) is 4.57 Å². The highest BCUT2D eigenvalue weighted by molar-refractivity contribution is 6.26. The van der Waals surface area contributed by atoms with Crippen molar-refractivity contribution < 1.29 is 27.0 Å². The second kappa shape index (κ2) is 25.4. The minimum atomic E-state index is -0.410. The smallest absolute Gasteiger partial charge is 0.159 e. The number of furan rings is 3. The van der Waals surface area contributed by atoms with E-state index in [9.17, 15) is 0 Å². The van der Waals surface area contributed by atoms with Crippen LogP contribution in [0.2, 0.25) is 0 Å². The first-order chi connectivity index (χ1) is 59.7. The lowest BCUT2D eigenvalue weighted by molar-refractivity contribution is 0.665. The molecule has 20 aromatic carbocycles. The normalized spacial score (nSPS) is 13.2. The zero-order valence-corrected chi connectivity index (χ0v) is 59.9. The monoisotopic (exact) mass is 1430 g/mol. The van der Waals surface area contributed by atoms with Gasteiger partial charge in [0.05, 0.1) is 30.4 Å². The Bertz CT molecular complexity index is 8460. The van der Waals surface area contributed by atoms with Gasteiger partial charge in [-0.15, -0.1) is 0 Å². The first-order valence-corrected chi connectivity index (χ1v) is 37.6. The topological polar surface area (TPSA) is 44.4 Å². The molecular formula is C108H65NO3. The van der Waals surface area contributed by atoms with Crippen molar-refractivity contribution in [3.63, 3.8) is 0 Å². The van der Waals surface area contributed by atoms with E-state index < -0.39 is 12.1 Å². The van der Waals surface area contributed by atoms with Crippen LogP contribution in [0.1, 0.15) is 13.7 Å². The number of hydrogen-bond donors (Lipinski definition) is 0. The number of benzene rings is 20. The summed E-state index contributed by atoms with van der Waals surface area (Å²) in [6, 6.07) is 112. The van der Waals surface area contributed by atoms with Gasteiger partial charge in [-0.05, 0) is 210 Å². The van der Waals surface area contributed by atoms with E-state index in [1.807, 2.05) is 121 Å². The van der Waals surface area contributed by atoms with Gasteiger partial charge in [0, 0.05) is 54.2 Å². The number of para-hydroxylation sites is 6. The van der Waals surface area contributed by atoms with Crippen molar-refractivity contribution in [1.29, 1.82) is 0 Å². The molecule has 520 valence electrons. The predicted octanol–water partition coefficient (Wildman–Crippen LogP) is 30.8. The molecule has 4 aromatic heterocycles. The largest absolute Gasteiger partial charge is 0.455 e. The molecule has 4 heterocycles. The van der Waals surface area contributed by atoms with Crippen LogP contribution in [0.25, 0.3) is 236 Å². The number of rotatable bonds is 8. The third-order valence-corrected chi connectivity index (χ3v) is 22.7. The highest BCUT2D eigenvalue weighted by Crippen LogP contribution is 2.51. The van der Waals surface area contributed by atoms with Crippen molar-refractivity contribution >= 4 is 152 Å². The molecule has 0 amide bonds. The molecule has 0 fully saturated rings. The minimum absolute atomic E-state index is 0.191. The molecule has 0 atom stereocenters. The zero-order valence-electron chi connectivity index (χ0n) is 69.9. The Hall–Kier alpha value is -14.8. The van der Waals surface area contributed by atoms with Gasteiger partial charge in [-0.25, -0.2) is 0 Å². The Morgan fingerprint density at radius 3 is 0.946 bits per heavy atom. The molecule has 0 saturated carbocycles. The second-order valence-electron chi connectivity index (χ2n) is 28.8. The quantitative estimate of drug-likeness (QED) is 0.142. The van der Waals surface area contributed by atoms with Gasteiger partial charge >= 0.3 is 0 Å². The Morgan fingerprint density at radius 1 is 0.196 bits per heavy atom. The summed E-state index contributed by atoms with van der Waals surface area (Å²) in [7, 11) is 0. The first kappa shape index (κ1) is 53.9. The Morgan fingerprint density at radius 2 is 0.509 bits per heavy atom. The highest BCUT2D eigenvalue weighted by Gasteiger charge is 2.26. The van der Waals surface area contributed by atoms with E-state index in [-0.39, 0.29) is 59.5 Å². The van der Waals surface area contributed by atoms with Crippen LogP contribution in [0.5, 0.6) is 0 Å². The molecule has 0 radical (unpaired) electrons. The van der Waals surface area contributed by atoms with Crippen molar-refractivity contribution in [2.24, 2.45) is 0 Å². The molecule has 0 unspecified atom stereocenters. The lowest BCUT2D eigenvalue weighted by Crippen LogP contribution is -1.96. The van der Waals surface area contributed by atoms with Crippen LogP contribution in [-0.2, 0) is 0 Å². The standard InChI is InChI=1S/C54H33NO.C54H32O2/c1-2-16-34(17-3-1)52-42-23-6-8-25-44(42)53(45-26-9-7-24-43(45)52)37-30-35-18-4-5-19-38(35)46(32-37)36-31-47-41-22-12-15-29-51(41)56-54(47)50(33-36)55-48-27-13-10-20-39(48)40-21-11-14-28-49(40)55;1-2-15-33(16-3-1)51-40-21-6-8-23-42(40)52(43-24-9-7-22-41(43)51)36-29-34-17-4-5-18-37(34)46(32-36)35-30-47-39-20-11-13-28-50(39)56-54(47)48(31-35)45-26-14-25-44-38-19-10-12-27-49(38)55-53(44)45/h1-33H;1-32H/i1D,2D,3D,16D,17D;1D,2D,3D,15D,16D. The molecule has 4 heteroatoms. The molecule has 24 rings (SSSR count). The van der Waals surface area contributed by atoms with Crippen LogP contribution in [0.15, 0.2) is 407 Å². The van der Waals surface area contributed by atoms with Gasteiger partial charge in [-0.1, -0.05) is 315 Å². The third-order valence-electron chi connectivity index (χ3n) is 22.7. The van der Waals surface area contributed by atoms with E-state index in [0.29, 0.717) is 11.1 Å². The second-order valence-corrected chi connectivity index (χ2v) is 28.8. The van der Waals surface area contributed by atoms with Gasteiger partial charge in [-0.3, -0.25) is 0 Å². The molecule has 0 bridgehead atoms. The van der Waals surface area contributed by atoms with Crippen LogP contribution < -0.4 is 0 Å². The zero-order chi connectivity index (χ0) is 82.2. The minimum Gasteiger partial charge on any atom is -0.455 e. The molecule has 0 spiro atoms. The average Bonchev–Trinajstić information content (AvgIpc) is 1.55. The van der Waals surface area contributed by atoms with Crippen LogP contribution in [-0.4, -0.2) is 4.57 Å². The van der Waals surface area contributed by atoms with Crippen molar-refractivity contribution in [2.75, 3.05) is 0 Å². The van der Waals surface area contributed by atoms with Gasteiger partial charge in [0.15, 0.2) is 5.58 Å². The van der Waals surface area contributed by atoms with Crippen LogP contribution >= 0.6 is 0 Å². The van der Waals surface area contributed by atoms with Gasteiger partial charge in [-0.2, -0.15) is 0 Å². The van der Waals surface area contributed by atoms with Gasteiger partial charge in [0.2, 0.25) is 0 Å². The lowest BCUT2D eigenvalue weighted by Gasteiger charge is -2.19. The van der Waals surface area contributed by atoms with Crippen molar-refractivity contribution in [2.45, 2.75) is 0 Å². The Balaban J connectivity index is 0.000000142. The number of aromatic nitrogens is 1. The summed E-state index contributed by atoms with van der Waals surface area (Å²) in [4.78, 5) is 0. The van der Waals surface area contributed by atoms with Crippen LogP contribution in [0.3, 0.4) is 0 Å². The molecule has 24 aromatic rings. The molecule has 0 N–H and O–H groups in total. The molecular weight excluding hydrogens is 1360 g/mol. The van der Waals surface area contributed by atoms with Crippen LogP contribution in [0, 0.1) is 0 Å². The summed E-state index contributed by atoms with van der Waals surface area (Å²) >= 11 is 0. The first-order valence-electron chi connectivity index (χ1n) is 42.6. The summed E-state index contributed by atoms with van der Waals surface area (Å²) < 4.78 is 109. The summed E-state index contributed by atoms with van der Waals surface area (Å²) in [5, 5.41) is 19.8. The Labute approximate surface area is 657 Å². The van der Waals surface area contributed by atoms with Crippen molar-refractivity contribution in [3.8, 4) is 83.6 Å². The van der Waals surface area contributed by atoms with Crippen LogP contribution in [0.4, 0.5) is 0 Å². The average molecular weight is 1430 g/mol. The summed E-state index contributed by atoms with van der Waals surface area (Å²) in [5.74, 6) is 0. The fraction of sp³-hybridized carbons (Fsp3) is 0. The molecule has 0 aliphatic heterocycles. The van der Waals surface area contributed by atoms with Gasteiger partial charge in [0.1, 0.15) is 27.9 Å². The number of fused-ring (bicyclic) bond motifs is 18. The highest BCUT2D eigenvalue weighted by atomic mass is 16.3. The van der Waals surface area contributed by atoms with E-state index >= 15 is 0 Å². The van der Waals surface area contributed by atoms with Crippen molar-refractivity contribution in [3.05, 3.63) is 394 Å². The predicted molar refractivity (Wildman–Crippen MR) is 472 cm³/mol. The Kier molecular flexibility index (Phi) is 12.2. The summed E-state index contributed by atoms with van der Waals surface area (Å²) in [6.07, 6.45) is 0. The number of nitrogens with zero attached hydrogens (tertiary/aromatic N) is 1. The summed E-state index contributed by atoms with van der Waals surface area (Å²) in [6.45, 7) is 0. The van der Waals surface area contributed by atoms with Gasteiger partial charge in [0.25, 0.3) is 0 Å². The lowest BCUT2D eigenvalue weighted by atomic mass is 9.84. The van der Waals surface area contributed by atoms with E-state index in [2.05, 4.69) is 217 Å². The maximum Gasteiger partial charge on any atom is 0.159 e. The number of hydrogen-bond acceptors (Lipinski definition) is 3. The fourth-order valence-electron chi connectivity index (χ4n) is 18.0. The fourth-order valence-corrected chi connectivity index (χ4v) is 18.0. The molecule has 0 saturated heterocycles. The molecule has 0 aliphatic rings. The molecule has 4 nitrogen and oxygen atoms in total. The van der Waals surface area contributed by atoms with E-state index in [0.717, 1.165) is 203 Å². The van der Waals surface area contributed by atoms with E-state index in [1.54, 1.807) is 0 Å². The molecule has 0 aliphatic carbocycles. The SMILES string of the molecule is [2H]c1c([2H])c([2H])c(-c2c3ccccc3c(-c3cc(-c4cc(-c5cccc6c5oc5ccccc56)c5oc6ccccc6c5c4)c4ccccc4c3)c3ccccc23)c([2H])c1[2H].[2H]c1c([2H])c([2H])c(-c2c3ccccc3c(-c3cc(-c4cc(-n5c6ccccc6c6ccccc65)c5oc6ccccc6c5c4)c4ccccc4c3)c3ccccc23)c([2H])c1[2H]. The molecule has 112 heavy (non-hydrogen) atoms. The third kappa shape index (κ3) is 9.88. The van der Waals surface area contributed by atoms with Gasteiger partial charge < -0.3 is 17.8 Å². The van der Waals surface area contributed by atoms with E-state index in [4.69, 9.17) is 27.0 Å². The van der Waals surface area contributed by atoms with E-state index in [1.165, 1.54) is 10.8 Å². The maximum absolute atomic E-state index is 9.03. The summed E-state index contributed by atoms with van der Waals surface area (Å²) in [5.41, 5.74) is 19.7. The maximum atomic E-state index is 9.03.